The van der Waals surface area contributed by atoms with E-state index in [2.05, 4.69) is 18.8 Å². The van der Waals surface area contributed by atoms with E-state index in [1.807, 2.05) is 28.9 Å². The number of aromatic nitrogens is 4. The van der Waals surface area contributed by atoms with Crippen molar-refractivity contribution in [2.75, 3.05) is 0 Å². The molecule has 1 N–H and O–H groups in total. The van der Waals surface area contributed by atoms with Gasteiger partial charge < -0.3 is 5.11 Å². The van der Waals surface area contributed by atoms with Gasteiger partial charge in [0.2, 0.25) is 0 Å². The van der Waals surface area contributed by atoms with E-state index in [0.29, 0.717) is 12.1 Å². The second kappa shape index (κ2) is 10.7. The van der Waals surface area contributed by atoms with Gasteiger partial charge in [-0.25, -0.2) is 14.5 Å². The zero-order valence-corrected chi connectivity index (χ0v) is 17.8. The topological polar surface area (TPSA) is 80.9 Å². The van der Waals surface area contributed by atoms with Crippen molar-refractivity contribution in [1.29, 1.82) is 0 Å². The van der Waals surface area contributed by atoms with E-state index in [0.717, 1.165) is 55.0 Å². The van der Waals surface area contributed by atoms with E-state index in [1.54, 1.807) is 18.3 Å². The molecule has 0 saturated carbocycles. The van der Waals surface area contributed by atoms with Gasteiger partial charge >= 0.3 is 5.97 Å². The molecule has 6 nitrogen and oxygen atoms in total. The van der Waals surface area contributed by atoms with Gasteiger partial charge in [-0.1, -0.05) is 57.4 Å². The number of nitrogens with zero attached hydrogens (tertiary/aromatic N) is 4. The van der Waals surface area contributed by atoms with E-state index in [-0.39, 0.29) is 5.56 Å². The summed E-state index contributed by atoms with van der Waals surface area (Å²) in [6.07, 6.45) is 9.27. The van der Waals surface area contributed by atoms with Gasteiger partial charge in [0.05, 0.1) is 17.8 Å². The summed E-state index contributed by atoms with van der Waals surface area (Å²) in [6.45, 7) is 4.95. The van der Waals surface area contributed by atoms with Crippen molar-refractivity contribution in [1.82, 2.24) is 19.7 Å². The lowest BCUT2D eigenvalue weighted by atomic mass is 10.0. The van der Waals surface area contributed by atoms with Crippen molar-refractivity contribution in [2.24, 2.45) is 0 Å². The van der Waals surface area contributed by atoms with Crippen LogP contribution in [0.2, 0.25) is 0 Å². The molecule has 3 aromatic rings. The summed E-state index contributed by atoms with van der Waals surface area (Å²) in [5, 5.41) is 14.2. The third-order valence-corrected chi connectivity index (χ3v) is 5.16. The van der Waals surface area contributed by atoms with E-state index in [1.165, 1.54) is 12.8 Å². The lowest BCUT2D eigenvalue weighted by molar-refractivity contribution is 0.0697. The van der Waals surface area contributed by atoms with E-state index in [4.69, 9.17) is 10.1 Å². The van der Waals surface area contributed by atoms with E-state index >= 15 is 0 Å². The average molecular weight is 407 g/mol. The highest BCUT2D eigenvalue weighted by atomic mass is 16.4. The fraction of sp³-hybridized carbons (Fsp3) is 0.417. The van der Waals surface area contributed by atoms with Crippen molar-refractivity contribution in [2.45, 2.75) is 65.3 Å². The Morgan fingerprint density at radius 2 is 1.80 bits per heavy atom. The number of carboxylic acid groups (broad SMARTS) is 1. The first-order valence-electron chi connectivity index (χ1n) is 10.8. The molecule has 0 amide bonds. The largest absolute Gasteiger partial charge is 0.478 e. The summed E-state index contributed by atoms with van der Waals surface area (Å²) in [4.78, 5) is 20.8. The van der Waals surface area contributed by atoms with Crippen LogP contribution in [0, 0.1) is 0 Å². The van der Waals surface area contributed by atoms with Crippen molar-refractivity contribution in [3.8, 4) is 11.1 Å². The van der Waals surface area contributed by atoms with Gasteiger partial charge in [-0.3, -0.25) is 4.98 Å². The maximum absolute atomic E-state index is 11.5. The molecule has 2 aromatic heterocycles. The second-order valence-electron chi connectivity index (χ2n) is 7.55. The van der Waals surface area contributed by atoms with Crippen molar-refractivity contribution >= 4 is 5.97 Å². The monoisotopic (exact) mass is 406 g/mol. The van der Waals surface area contributed by atoms with Gasteiger partial charge in [-0.15, -0.1) is 0 Å². The Bertz CT molecular complexity index is 964. The summed E-state index contributed by atoms with van der Waals surface area (Å²) in [5.41, 5.74) is 2.63. The Morgan fingerprint density at radius 3 is 2.50 bits per heavy atom. The van der Waals surface area contributed by atoms with Crippen LogP contribution in [0.3, 0.4) is 0 Å². The van der Waals surface area contributed by atoms with Crippen molar-refractivity contribution in [3.05, 3.63) is 65.5 Å². The molecule has 0 unspecified atom stereocenters. The zero-order chi connectivity index (χ0) is 21.3. The van der Waals surface area contributed by atoms with Crippen LogP contribution in [0.5, 0.6) is 0 Å². The molecule has 0 radical (unpaired) electrons. The van der Waals surface area contributed by atoms with Crippen LogP contribution < -0.4 is 0 Å². The number of hydrogen-bond acceptors (Lipinski definition) is 4. The SMILES string of the molecule is CCCCCc1nc(CCCC)n(Cc2ccc(-c3ccccc3C(=O)O)cn2)n1. The van der Waals surface area contributed by atoms with E-state index < -0.39 is 5.97 Å². The Labute approximate surface area is 178 Å². The minimum absolute atomic E-state index is 0.280. The number of benzene rings is 1. The zero-order valence-electron chi connectivity index (χ0n) is 17.8. The van der Waals surface area contributed by atoms with Crippen LogP contribution in [-0.2, 0) is 19.4 Å². The lowest BCUT2D eigenvalue weighted by Gasteiger charge is -2.08. The molecule has 6 heteroatoms. The van der Waals surface area contributed by atoms with Gasteiger partial charge in [0.25, 0.3) is 0 Å². The predicted molar refractivity (Wildman–Crippen MR) is 118 cm³/mol. The summed E-state index contributed by atoms with van der Waals surface area (Å²) in [6, 6.07) is 10.9. The van der Waals surface area contributed by atoms with Gasteiger partial charge in [0.1, 0.15) is 5.82 Å². The van der Waals surface area contributed by atoms with Gasteiger partial charge in [0.15, 0.2) is 5.82 Å². The van der Waals surface area contributed by atoms with Gasteiger partial charge in [-0.2, -0.15) is 5.10 Å². The Morgan fingerprint density at radius 1 is 1.00 bits per heavy atom. The number of rotatable bonds is 11. The van der Waals surface area contributed by atoms with E-state index in [9.17, 15) is 9.90 Å². The molecule has 1 aromatic carbocycles. The summed E-state index contributed by atoms with van der Waals surface area (Å²) in [5.74, 6) is 1.00. The van der Waals surface area contributed by atoms with Crippen LogP contribution in [0.4, 0.5) is 0 Å². The third-order valence-electron chi connectivity index (χ3n) is 5.16. The molecule has 0 atom stereocenters. The summed E-state index contributed by atoms with van der Waals surface area (Å²) >= 11 is 0. The first-order chi connectivity index (χ1) is 14.6. The molecular formula is C24H30N4O2. The number of hydrogen-bond donors (Lipinski definition) is 1. The van der Waals surface area contributed by atoms with Gasteiger partial charge in [-0.05, 0) is 30.5 Å². The Hall–Kier alpha value is -3.02. The smallest absolute Gasteiger partial charge is 0.336 e. The van der Waals surface area contributed by atoms with Crippen LogP contribution in [0.25, 0.3) is 11.1 Å². The Kier molecular flexibility index (Phi) is 7.71. The fourth-order valence-electron chi connectivity index (χ4n) is 3.46. The summed E-state index contributed by atoms with van der Waals surface area (Å²) in [7, 11) is 0. The standard InChI is InChI=1S/C24H30N4O2/c1-3-5-7-12-22-26-23(13-6-4-2)28(27-22)17-19-15-14-18(16-25-19)20-10-8-9-11-21(20)24(29)30/h8-11,14-16H,3-7,12-13,17H2,1-2H3,(H,29,30). The molecule has 2 heterocycles. The number of unbranched alkanes of at least 4 members (excludes halogenated alkanes) is 3. The van der Waals surface area contributed by atoms with Crippen LogP contribution >= 0.6 is 0 Å². The quantitative estimate of drug-likeness (QED) is 0.445. The number of carboxylic acids is 1. The molecule has 158 valence electrons. The molecule has 0 aliphatic rings. The number of carbonyl (C=O) groups is 1. The second-order valence-corrected chi connectivity index (χ2v) is 7.55. The van der Waals surface area contributed by atoms with Crippen LogP contribution in [-0.4, -0.2) is 30.8 Å². The molecule has 0 aliphatic carbocycles. The van der Waals surface area contributed by atoms with Crippen LogP contribution in [0.15, 0.2) is 42.6 Å². The molecule has 0 saturated heterocycles. The molecule has 0 bridgehead atoms. The molecule has 30 heavy (non-hydrogen) atoms. The molecular weight excluding hydrogens is 376 g/mol. The molecule has 0 fully saturated rings. The minimum atomic E-state index is -0.937. The average Bonchev–Trinajstić information content (AvgIpc) is 3.14. The molecule has 0 spiro atoms. The third kappa shape index (κ3) is 5.53. The highest BCUT2D eigenvalue weighted by Crippen LogP contribution is 2.23. The highest BCUT2D eigenvalue weighted by Gasteiger charge is 2.13. The molecule has 0 aliphatic heterocycles. The first-order valence-corrected chi connectivity index (χ1v) is 10.8. The summed E-state index contributed by atoms with van der Waals surface area (Å²) < 4.78 is 1.98. The number of aromatic carboxylic acids is 1. The van der Waals surface area contributed by atoms with Crippen LogP contribution in [0.1, 0.15) is 73.7 Å². The minimum Gasteiger partial charge on any atom is -0.478 e. The normalized spacial score (nSPS) is 11.0. The Balaban J connectivity index is 1.78. The van der Waals surface area contributed by atoms with Gasteiger partial charge in [0, 0.05) is 24.6 Å². The number of pyridine rings is 1. The maximum atomic E-state index is 11.5. The maximum Gasteiger partial charge on any atom is 0.336 e. The fourth-order valence-corrected chi connectivity index (χ4v) is 3.46. The molecule has 3 rings (SSSR count). The lowest BCUT2D eigenvalue weighted by Crippen LogP contribution is -2.08. The predicted octanol–water partition coefficient (Wildman–Crippen LogP) is 5.16. The highest BCUT2D eigenvalue weighted by molar-refractivity contribution is 5.95. The number of aryl methyl sites for hydroxylation is 2. The van der Waals surface area contributed by atoms with Crippen molar-refractivity contribution in [3.63, 3.8) is 0 Å². The van der Waals surface area contributed by atoms with Crippen molar-refractivity contribution < 1.29 is 9.90 Å². The first kappa shape index (κ1) is 21.7.